The minimum atomic E-state index is -0.737. The number of furan rings is 1. The Balaban J connectivity index is 1.72. The van der Waals surface area contributed by atoms with Crippen molar-refractivity contribution in [2.24, 2.45) is 5.73 Å². The van der Waals surface area contributed by atoms with Crippen molar-refractivity contribution in [1.82, 2.24) is 4.98 Å². The van der Waals surface area contributed by atoms with E-state index in [1.54, 1.807) is 12.1 Å². The summed E-state index contributed by atoms with van der Waals surface area (Å²) in [5.74, 6) is -0.352. The number of nitrogens with two attached hydrogens (primary N) is 1. The lowest BCUT2D eigenvalue weighted by Crippen LogP contribution is -2.36. The van der Waals surface area contributed by atoms with Crippen molar-refractivity contribution in [3.63, 3.8) is 0 Å². The predicted molar refractivity (Wildman–Crippen MR) is 74.3 cm³/mol. The molecule has 0 aliphatic carbocycles. The van der Waals surface area contributed by atoms with Gasteiger partial charge in [-0.05, 0) is 17.7 Å². The summed E-state index contributed by atoms with van der Waals surface area (Å²) in [6.07, 6.45) is 3.71. The molecule has 102 valence electrons. The van der Waals surface area contributed by atoms with Gasteiger partial charge in [-0.3, -0.25) is 0 Å². The highest BCUT2D eigenvalue weighted by Crippen LogP contribution is 2.19. The number of carbonyl (C=O) groups excluding carboxylic acids is 1. The number of para-hydroxylation sites is 1. The van der Waals surface area contributed by atoms with E-state index in [-0.39, 0.29) is 5.95 Å². The van der Waals surface area contributed by atoms with Gasteiger partial charge in [0.25, 0.3) is 5.95 Å². The third-order valence-corrected chi connectivity index (χ3v) is 3.11. The van der Waals surface area contributed by atoms with Gasteiger partial charge < -0.3 is 19.9 Å². The lowest BCUT2D eigenvalue weighted by Gasteiger charge is -2.09. The van der Waals surface area contributed by atoms with Crippen LogP contribution in [-0.2, 0) is 11.2 Å². The summed E-state index contributed by atoms with van der Waals surface area (Å²) in [6.45, 7) is 0. The topological polar surface area (TPSA) is 81.2 Å². The van der Waals surface area contributed by atoms with Crippen molar-refractivity contribution < 1.29 is 13.9 Å². The quantitative estimate of drug-likeness (QED) is 0.712. The SMILES string of the molecule is N[C@@H](Cc1c[nH]c2ccccc12)C(=O)Oc1ccco1. The molecular formula is C15H14N2O3. The average Bonchev–Trinajstić information content (AvgIpc) is 3.09. The van der Waals surface area contributed by atoms with Crippen molar-refractivity contribution in [1.29, 1.82) is 0 Å². The summed E-state index contributed by atoms with van der Waals surface area (Å²) >= 11 is 0. The molecule has 0 aliphatic rings. The Hall–Kier alpha value is -2.53. The number of hydrogen-bond acceptors (Lipinski definition) is 4. The monoisotopic (exact) mass is 270 g/mol. The molecule has 3 aromatic rings. The Morgan fingerprint density at radius 3 is 2.95 bits per heavy atom. The van der Waals surface area contributed by atoms with Crippen LogP contribution in [0.3, 0.4) is 0 Å². The van der Waals surface area contributed by atoms with E-state index in [1.165, 1.54) is 6.26 Å². The number of nitrogens with one attached hydrogen (secondary N) is 1. The minimum absolute atomic E-state index is 0.157. The molecule has 1 aromatic carbocycles. The van der Waals surface area contributed by atoms with Crippen LogP contribution in [0.2, 0.25) is 0 Å². The van der Waals surface area contributed by atoms with E-state index in [9.17, 15) is 4.79 Å². The van der Waals surface area contributed by atoms with Crippen molar-refractivity contribution >= 4 is 16.9 Å². The molecule has 0 amide bonds. The molecule has 0 unspecified atom stereocenters. The third kappa shape index (κ3) is 2.44. The number of aromatic amines is 1. The molecule has 20 heavy (non-hydrogen) atoms. The first kappa shape index (κ1) is 12.5. The van der Waals surface area contributed by atoms with Crippen LogP contribution in [0.1, 0.15) is 5.56 Å². The normalized spacial score (nSPS) is 12.4. The van der Waals surface area contributed by atoms with Crippen LogP contribution in [0.4, 0.5) is 0 Å². The zero-order chi connectivity index (χ0) is 13.9. The Morgan fingerprint density at radius 1 is 1.30 bits per heavy atom. The molecule has 0 fully saturated rings. The van der Waals surface area contributed by atoms with Gasteiger partial charge in [-0.2, -0.15) is 0 Å². The number of ether oxygens (including phenoxy) is 1. The van der Waals surface area contributed by atoms with Gasteiger partial charge >= 0.3 is 5.97 Å². The lowest BCUT2D eigenvalue weighted by molar-refractivity contribution is -0.137. The van der Waals surface area contributed by atoms with Crippen LogP contribution in [0.5, 0.6) is 5.95 Å². The predicted octanol–water partition coefficient (Wildman–Crippen LogP) is 2.24. The van der Waals surface area contributed by atoms with Crippen LogP contribution in [0.25, 0.3) is 10.9 Å². The molecule has 0 saturated heterocycles. The molecule has 0 saturated carbocycles. The van der Waals surface area contributed by atoms with Crippen LogP contribution in [0, 0.1) is 0 Å². The second-order valence-electron chi connectivity index (χ2n) is 4.52. The number of carbonyl (C=O) groups is 1. The first-order chi connectivity index (χ1) is 9.74. The zero-order valence-electron chi connectivity index (χ0n) is 10.7. The molecule has 3 rings (SSSR count). The van der Waals surface area contributed by atoms with Crippen LogP contribution in [0.15, 0.2) is 53.3 Å². The van der Waals surface area contributed by atoms with E-state index in [0.29, 0.717) is 6.42 Å². The highest BCUT2D eigenvalue weighted by atomic mass is 16.6. The van der Waals surface area contributed by atoms with Gasteiger partial charge in [-0.25, -0.2) is 4.79 Å². The van der Waals surface area contributed by atoms with Gasteiger partial charge in [0.05, 0.1) is 6.26 Å². The Kier molecular flexibility index (Phi) is 3.26. The summed E-state index contributed by atoms with van der Waals surface area (Å²) in [5, 5.41) is 1.06. The molecule has 5 nitrogen and oxygen atoms in total. The van der Waals surface area contributed by atoms with Gasteiger partial charge in [0, 0.05) is 29.6 Å². The molecule has 1 atom stereocenters. The third-order valence-electron chi connectivity index (χ3n) is 3.11. The smallest absolute Gasteiger partial charge is 0.331 e. The first-order valence-corrected chi connectivity index (χ1v) is 6.30. The van der Waals surface area contributed by atoms with E-state index in [4.69, 9.17) is 14.9 Å². The Labute approximate surface area is 115 Å². The van der Waals surface area contributed by atoms with Crippen molar-refractivity contribution in [2.75, 3.05) is 0 Å². The van der Waals surface area contributed by atoms with E-state index < -0.39 is 12.0 Å². The molecule has 0 bridgehead atoms. The molecular weight excluding hydrogens is 256 g/mol. The standard InChI is InChI=1S/C15H14N2O3/c16-12(15(18)20-14-6-3-7-19-14)8-10-9-17-13-5-2-1-4-11(10)13/h1-7,9,12,17H,8,16H2/t12-/m0/s1. The first-order valence-electron chi connectivity index (χ1n) is 6.30. The minimum Gasteiger partial charge on any atom is -0.434 e. The highest BCUT2D eigenvalue weighted by Gasteiger charge is 2.19. The number of fused-ring (bicyclic) bond motifs is 1. The molecule has 3 N–H and O–H groups in total. The largest absolute Gasteiger partial charge is 0.434 e. The van der Waals surface area contributed by atoms with Crippen molar-refractivity contribution in [2.45, 2.75) is 12.5 Å². The zero-order valence-corrected chi connectivity index (χ0v) is 10.7. The second kappa shape index (κ2) is 5.22. The number of esters is 1. The van der Waals surface area contributed by atoms with Gasteiger partial charge in [-0.15, -0.1) is 0 Å². The fourth-order valence-electron chi connectivity index (χ4n) is 2.12. The summed E-state index contributed by atoms with van der Waals surface area (Å²) in [4.78, 5) is 15.0. The number of hydrogen-bond donors (Lipinski definition) is 2. The van der Waals surface area contributed by atoms with Crippen LogP contribution in [-0.4, -0.2) is 17.0 Å². The summed E-state index contributed by atoms with van der Waals surface area (Å²) in [5.41, 5.74) is 7.90. The Bertz CT molecular complexity index is 716. The van der Waals surface area contributed by atoms with Gasteiger partial charge in [0.15, 0.2) is 0 Å². The van der Waals surface area contributed by atoms with Gasteiger partial charge in [0.2, 0.25) is 0 Å². The van der Waals surface area contributed by atoms with Gasteiger partial charge in [-0.1, -0.05) is 18.2 Å². The lowest BCUT2D eigenvalue weighted by atomic mass is 10.1. The molecule has 0 aliphatic heterocycles. The van der Waals surface area contributed by atoms with Gasteiger partial charge in [0.1, 0.15) is 6.04 Å². The molecule has 2 heterocycles. The highest BCUT2D eigenvalue weighted by molar-refractivity contribution is 5.84. The van der Waals surface area contributed by atoms with Crippen molar-refractivity contribution in [3.05, 3.63) is 54.4 Å². The Morgan fingerprint density at radius 2 is 2.15 bits per heavy atom. The number of benzene rings is 1. The second-order valence-corrected chi connectivity index (χ2v) is 4.52. The molecule has 2 aromatic heterocycles. The number of aromatic nitrogens is 1. The van der Waals surface area contributed by atoms with E-state index in [0.717, 1.165) is 16.5 Å². The number of H-pyrrole nitrogens is 1. The maximum absolute atomic E-state index is 11.9. The van der Waals surface area contributed by atoms with E-state index >= 15 is 0 Å². The average molecular weight is 270 g/mol. The maximum Gasteiger partial charge on any atom is 0.331 e. The molecule has 0 radical (unpaired) electrons. The number of rotatable bonds is 4. The van der Waals surface area contributed by atoms with Crippen LogP contribution < -0.4 is 10.5 Å². The summed E-state index contributed by atoms with van der Waals surface area (Å²) in [7, 11) is 0. The van der Waals surface area contributed by atoms with E-state index in [2.05, 4.69) is 4.98 Å². The maximum atomic E-state index is 11.9. The molecule has 0 spiro atoms. The fourth-order valence-corrected chi connectivity index (χ4v) is 2.12. The van der Waals surface area contributed by atoms with Crippen molar-refractivity contribution in [3.8, 4) is 5.95 Å². The van der Waals surface area contributed by atoms with E-state index in [1.807, 2.05) is 30.5 Å². The summed E-state index contributed by atoms with van der Waals surface area (Å²) in [6, 6.07) is 10.3. The fraction of sp³-hybridized carbons (Fsp3) is 0.133. The van der Waals surface area contributed by atoms with Crippen LogP contribution >= 0.6 is 0 Å². The summed E-state index contributed by atoms with van der Waals surface area (Å²) < 4.78 is 9.99. The molecule has 5 heteroatoms.